The Balaban J connectivity index is 1.36. The van der Waals surface area contributed by atoms with Crippen molar-refractivity contribution in [2.45, 2.75) is 17.9 Å². The van der Waals surface area contributed by atoms with Crippen LogP contribution < -0.4 is 10.5 Å². The number of primary sulfonamides is 1. The molecule has 2 aromatic carbocycles. The van der Waals surface area contributed by atoms with E-state index in [0.29, 0.717) is 11.4 Å². The molecule has 0 saturated carbocycles. The number of thiazole rings is 1. The Morgan fingerprint density at radius 1 is 1.12 bits per heavy atom. The van der Waals surface area contributed by atoms with E-state index in [2.05, 4.69) is 45.3 Å². The molecule has 3 aromatic rings. The van der Waals surface area contributed by atoms with Gasteiger partial charge in [0, 0.05) is 49.4 Å². The van der Waals surface area contributed by atoms with E-state index in [-0.39, 0.29) is 17.2 Å². The number of piperazine rings is 1. The lowest BCUT2D eigenvalue weighted by molar-refractivity contribution is -0.115. The number of benzene rings is 2. The zero-order chi connectivity index (χ0) is 23.4. The third-order valence-electron chi connectivity index (χ3n) is 5.54. The first-order valence-corrected chi connectivity index (χ1v) is 13.1. The minimum absolute atomic E-state index is 0.000467. The Morgan fingerprint density at radius 2 is 1.85 bits per heavy atom. The summed E-state index contributed by atoms with van der Waals surface area (Å²) in [5.41, 5.74) is 3.50. The van der Waals surface area contributed by atoms with Crippen LogP contribution >= 0.6 is 11.3 Å². The van der Waals surface area contributed by atoms with Crippen LogP contribution in [0.15, 0.2) is 58.8 Å². The van der Waals surface area contributed by atoms with Gasteiger partial charge in [0.05, 0.1) is 17.0 Å². The molecule has 174 valence electrons. The highest BCUT2D eigenvalue weighted by Crippen LogP contribution is 2.25. The van der Waals surface area contributed by atoms with Crippen molar-refractivity contribution >= 4 is 33.0 Å². The second kappa shape index (κ2) is 10.1. The molecule has 0 bridgehead atoms. The van der Waals surface area contributed by atoms with Crippen molar-refractivity contribution in [3.63, 3.8) is 0 Å². The zero-order valence-electron chi connectivity index (χ0n) is 18.4. The topological polar surface area (TPSA) is 109 Å². The summed E-state index contributed by atoms with van der Waals surface area (Å²) in [6.07, 6.45) is 0.133. The summed E-state index contributed by atoms with van der Waals surface area (Å²) in [4.78, 5) is 21.9. The van der Waals surface area contributed by atoms with Gasteiger partial charge >= 0.3 is 0 Å². The minimum Gasteiger partial charge on any atom is -0.326 e. The third kappa shape index (κ3) is 6.46. The molecule has 1 saturated heterocycles. The van der Waals surface area contributed by atoms with Gasteiger partial charge < -0.3 is 10.2 Å². The van der Waals surface area contributed by atoms with Gasteiger partial charge in [0.15, 0.2) is 0 Å². The van der Waals surface area contributed by atoms with Gasteiger partial charge in [-0.2, -0.15) is 0 Å². The van der Waals surface area contributed by atoms with Crippen LogP contribution in [0.5, 0.6) is 0 Å². The first-order chi connectivity index (χ1) is 15.8. The number of aromatic nitrogens is 1. The standard InChI is InChI=1S/C23H27N5O3S2/c1-27-9-11-28(12-10-27)15-17-3-2-4-18(13-17)23-26-20(16-32-23)14-22(29)25-19-5-7-21(8-6-19)33(24,30)31/h2-8,13,16H,9-12,14-15H2,1H3,(H,25,29)(H2,24,30,31). The van der Waals surface area contributed by atoms with Crippen molar-refractivity contribution in [1.29, 1.82) is 0 Å². The average molecular weight is 486 g/mol. The first-order valence-electron chi connectivity index (χ1n) is 10.6. The Hall–Kier alpha value is -2.63. The van der Waals surface area contributed by atoms with Crippen LogP contribution in [0.4, 0.5) is 5.69 Å². The molecule has 1 aromatic heterocycles. The summed E-state index contributed by atoms with van der Waals surface area (Å²) < 4.78 is 22.7. The van der Waals surface area contributed by atoms with Gasteiger partial charge in [-0.25, -0.2) is 18.5 Å². The molecular formula is C23H27N5O3S2. The largest absolute Gasteiger partial charge is 0.326 e. The fraction of sp³-hybridized carbons (Fsp3) is 0.304. The van der Waals surface area contributed by atoms with E-state index in [1.807, 2.05) is 11.4 Å². The van der Waals surface area contributed by atoms with Gasteiger partial charge in [-0.1, -0.05) is 18.2 Å². The van der Waals surface area contributed by atoms with E-state index in [9.17, 15) is 13.2 Å². The number of carbonyl (C=O) groups excluding carboxylic acids is 1. The van der Waals surface area contributed by atoms with Gasteiger partial charge in [0.25, 0.3) is 0 Å². The highest BCUT2D eigenvalue weighted by Gasteiger charge is 2.15. The lowest BCUT2D eigenvalue weighted by Crippen LogP contribution is -2.43. The molecule has 1 amide bonds. The number of sulfonamides is 1. The van der Waals surface area contributed by atoms with Crippen molar-refractivity contribution in [1.82, 2.24) is 14.8 Å². The quantitative estimate of drug-likeness (QED) is 0.532. The molecule has 33 heavy (non-hydrogen) atoms. The monoisotopic (exact) mass is 485 g/mol. The van der Waals surface area contributed by atoms with Crippen molar-refractivity contribution in [2.75, 3.05) is 38.5 Å². The van der Waals surface area contributed by atoms with E-state index in [1.165, 1.54) is 41.2 Å². The predicted octanol–water partition coefficient (Wildman–Crippen LogP) is 2.39. The fourth-order valence-corrected chi connectivity index (χ4v) is 5.02. The molecule has 1 fully saturated rings. The van der Waals surface area contributed by atoms with E-state index < -0.39 is 10.0 Å². The number of nitrogens with two attached hydrogens (primary N) is 1. The number of carbonyl (C=O) groups is 1. The van der Waals surface area contributed by atoms with Crippen LogP contribution in [0.25, 0.3) is 10.6 Å². The molecule has 2 heterocycles. The summed E-state index contributed by atoms with van der Waals surface area (Å²) >= 11 is 1.52. The summed E-state index contributed by atoms with van der Waals surface area (Å²) in [6.45, 7) is 5.25. The SMILES string of the molecule is CN1CCN(Cc2cccc(-c3nc(CC(=O)Nc4ccc(S(N)(=O)=O)cc4)cs3)c2)CC1. The minimum atomic E-state index is -3.76. The van der Waals surface area contributed by atoms with Crippen molar-refractivity contribution in [3.05, 3.63) is 65.2 Å². The number of rotatable bonds is 7. The maximum atomic E-state index is 12.4. The van der Waals surface area contributed by atoms with Crippen LogP contribution in [-0.2, 0) is 27.8 Å². The van der Waals surface area contributed by atoms with Gasteiger partial charge in [-0.15, -0.1) is 11.3 Å². The number of likely N-dealkylation sites (N-methyl/N-ethyl adjacent to an activating group) is 1. The summed E-state index contributed by atoms with van der Waals surface area (Å²) in [5, 5.41) is 10.6. The molecule has 4 rings (SSSR count). The highest BCUT2D eigenvalue weighted by atomic mass is 32.2. The molecule has 0 radical (unpaired) electrons. The van der Waals surface area contributed by atoms with Gasteiger partial charge in [-0.3, -0.25) is 9.69 Å². The lowest BCUT2D eigenvalue weighted by atomic mass is 10.1. The summed E-state index contributed by atoms with van der Waals surface area (Å²) in [7, 11) is -1.60. The maximum Gasteiger partial charge on any atom is 0.238 e. The molecular weight excluding hydrogens is 458 g/mol. The van der Waals surface area contributed by atoms with E-state index >= 15 is 0 Å². The number of nitrogens with zero attached hydrogens (tertiary/aromatic N) is 3. The van der Waals surface area contributed by atoms with E-state index in [0.717, 1.165) is 43.3 Å². The number of nitrogens with one attached hydrogen (secondary N) is 1. The van der Waals surface area contributed by atoms with Crippen LogP contribution in [-0.4, -0.2) is 62.3 Å². The Labute approximate surface area is 198 Å². The maximum absolute atomic E-state index is 12.4. The number of anilines is 1. The molecule has 8 nitrogen and oxygen atoms in total. The number of hydrogen-bond acceptors (Lipinski definition) is 7. The van der Waals surface area contributed by atoms with Crippen LogP contribution in [0.2, 0.25) is 0 Å². The molecule has 3 N–H and O–H groups in total. The van der Waals surface area contributed by atoms with Crippen molar-refractivity contribution < 1.29 is 13.2 Å². The molecule has 0 spiro atoms. The zero-order valence-corrected chi connectivity index (χ0v) is 20.0. The Morgan fingerprint density at radius 3 is 2.55 bits per heavy atom. The molecule has 0 unspecified atom stereocenters. The molecule has 1 aliphatic heterocycles. The molecule has 1 aliphatic rings. The van der Waals surface area contributed by atoms with Gasteiger partial charge in [-0.05, 0) is 42.9 Å². The van der Waals surface area contributed by atoms with E-state index in [1.54, 1.807) is 0 Å². The third-order valence-corrected chi connectivity index (χ3v) is 7.41. The Bertz CT molecular complexity index is 1220. The first kappa shape index (κ1) is 23.5. The van der Waals surface area contributed by atoms with Crippen LogP contribution in [0, 0.1) is 0 Å². The van der Waals surface area contributed by atoms with Crippen LogP contribution in [0.3, 0.4) is 0 Å². The normalized spacial score (nSPS) is 15.5. The molecule has 0 atom stereocenters. The van der Waals surface area contributed by atoms with E-state index in [4.69, 9.17) is 5.14 Å². The van der Waals surface area contributed by atoms with Crippen molar-refractivity contribution in [2.24, 2.45) is 5.14 Å². The predicted molar refractivity (Wildman–Crippen MR) is 130 cm³/mol. The number of amides is 1. The second-order valence-corrected chi connectivity index (χ2v) is 10.6. The lowest BCUT2D eigenvalue weighted by Gasteiger charge is -2.32. The van der Waals surface area contributed by atoms with Crippen LogP contribution in [0.1, 0.15) is 11.3 Å². The smallest absolute Gasteiger partial charge is 0.238 e. The highest BCUT2D eigenvalue weighted by molar-refractivity contribution is 7.89. The molecule has 10 heteroatoms. The van der Waals surface area contributed by atoms with Gasteiger partial charge in [0.1, 0.15) is 5.01 Å². The summed E-state index contributed by atoms with van der Waals surface area (Å²) in [5.74, 6) is -0.223. The second-order valence-electron chi connectivity index (χ2n) is 8.22. The fourth-order valence-electron chi connectivity index (χ4n) is 3.69. The summed E-state index contributed by atoms with van der Waals surface area (Å²) in [6, 6.07) is 14.2. The van der Waals surface area contributed by atoms with Gasteiger partial charge in [0.2, 0.25) is 15.9 Å². The molecule has 0 aliphatic carbocycles. The number of hydrogen-bond donors (Lipinski definition) is 2. The van der Waals surface area contributed by atoms with Crippen molar-refractivity contribution in [3.8, 4) is 10.6 Å². The average Bonchev–Trinajstić information content (AvgIpc) is 3.24. The Kier molecular flexibility index (Phi) is 7.20.